The van der Waals surface area contributed by atoms with E-state index in [9.17, 15) is 0 Å². The third kappa shape index (κ3) is 5.14. The topological polar surface area (TPSA) is 19.0 Å². The van der Waals surface area contributed by atoms with E-state index in [1.165, 1.54) is 51.1 Å². The van der Waals surface area contributed by atoms with Crippen LogP contribution in [0.5, 0.6) is 5.75 Å². The van der Waals surface area contributed by atoms with Gasteiger partial charge in [0.15, 0.2) is 0 Å². The van der Waals surface area contributed by atoms with Gasteiger partial charge in [0.05, 0.1) is 7.11 Å². The van der Waals surface area contributed by atoms with Crippen LogP contribution in [0.25, 0.3) is 0 Å². The summed E-state index contributed by atoms with van der Waals surface area (Å²) in [6.07, 6.45) is 3.89. The summed E-state index contributed by atoms with van der Waals surface area (Å²) in [5.41, 5.74) is 1.30. The molecule has 2 aliphatic heterocycles. The summed E-state index contributed by atoms with van der Waals surface area (Å²) in [6.45, 7) is 12.1. The zero-order chi connectivity index (χ0) is 18.5. The van der Waals surface area contributed by atoms with E-state index in [1.54, 1.807) is 7.11 Å². The maximum atomic E-state index is 5.37. The van der Waals surface area contributed by atoms with E-state index in [0.717, 1.165) is 36.7 Å². The second-order valence-corrected chi connectivity index (χ2v) is 8.67. The Morgan fingerprint density at radius 3 is 2.62 bits per heavy atom. The zero-order valence-corrected chi connectivity index (χ0v) is 17.2. The van der Waals surface area contributed by atoms with Gasteiger partial charge in [-0.05, 0) is 56.8 Å². The SMILES string of the molecule is COc1cccc(N2CCC(N(C)CC3CCN(CC(C)C)C3)CC2)c1. The summed E-state index contributed by atoms with van der Waals surface area (Å²) >= 11 is 0. The summed E-state index contributed by atoms with van der Waals surface area (Å²) in [6, 6.07) is 9.21. The lowest BCUT2D eigenvalue weighted by Gasteiger charge is -2.38. The van der Waals surface area contributed by atoms with Crippen LogP contribution in [0.15, 0.2) is 24.3 Å². The molecule has 146 valence electrons. The number of benzene rings is 1. The highest BCUT2D eigenvalue weighted by molar-refractivity contribution is 5.51. The molecule has 1 aromatic carbocycles. The van der Waals surface area contributed by atoms with Gasteiger partial charge in [0.1, 0.15) is 5.75 Å². The number of nitrogens with zero attached hydrogens (tertiary/aromatic N) is 3. The Labute approximate surface area is 160 Å². The first-order valence-corrected chi connectivity index (χ1v) is 10.4. The standard InChI is InChI=1S/C22H37N3O/c1-18(2)15-24-11-8-19(17-24)16-23(3)20-9-12-25(13-10-20)21-6-5-7-22(14-21)26-4/h5-7,14,18-20H,8-13,15-17H2,1-4H3. The Morgan fingerprint density at radius 2 is 1.92 bits per heavy atom. The van der Waals surface area contributed by atoms with E-state index in [-0.39, 0.29) is 0 Å². The Hall–Kier alpha value is -1.26. The summed E-state index contributed by atoms with van der Waals surface area (Å²) in [5.74, 6) is 2.59. The number of hydrogen-bond donors (Lipinski definition) is 0. The minimum Gasteiger partial charge on any atom is -0.497 e. The number of piperidine rings is 1. The summed E-state index contributed by atoms with van der Waals surface area (Å²) in [4.78, 5) is 7.81. The quantitative estimate of drug-likeness (QED) is 0.741. The summed E-state index contributed by atoms with van der Waals surface area (Å²) in [5, 5.41) is 0. The molecule has 0 aliphatic carbocycles. The Kier molecular flexibility index (Phi) is 6.82. The zero-order valence-electron chi connectivity index (χ0n) is 17.2. The third-order valence-corrected chi connectivity index (χ3v) is 6.05. The van der Waals surface area contributed by atoms with Gasteiger partial charge in [-0.1, -0.05) is 19.9 Å². The van der Waals surface area contributed by atoms with Gasteiger partial charge >= 0.3 is 0 Å². The van der Waals surface area contributed by atoms with Crippen LogP contribution in [-0.2, 0) is 0 Å². The number of rotatable bonds is 7. The lowest BCUT2D eigenvalue weighted by Crippen LogP contribution is -2.45. The van der Waals surface area contributed by atoms with Gasteiger partial charge in [-0.3, -0.25) is 0 Å². The highest BCUT2D eigenvalue weighted by Gasteiger charge is 2.28. The number of ether oxygens (including phenoxy) is 1. The molecule has 2 fully saturated rings. The van der Waals surface area contributed by atoms with Gasteiger partial charge in [0, 0.05) is 50.5 Å². The molecule has 0 N–H and O–H groups in total. The monoisotopic (exact) mass is 359 g/mol. The van der Waals surface area contributed by atoms with Crippen LogP contribution in [-0.4, -0.2) is 69.3 Å². The van der Waals surface area contributed by atoms with Crippen molar-refractivity contribution in [1.82, 2.24) is 9.80 Å². The van der Waals surface area contributed by atoms with Crippen LogP contribution in [0.4, 0.5) is 5.69 Å². The van der Waals surface area contributed by atoms with E-state index < -0.39 is 0 Å². The molecule has 0 aromatic heterocycles. The molecular formula is C22H37N3O. The fourth-order valence-corrected chi connectivity index (χ4v) is 4.67. The van der Waals surface area contributed by atoms with E-state index in [2.05, 4.69) is 53.8 Å². The minimum absolute atomic E-state index is 0.732. The van der Waals surface area contributed by atoms with Gasteiger partial charge in [-0.25, -0.2) is 0 Å². The van der Waals surface area contributed by atoms with Crippen molar-refractivity contribution < 1.29 is 4.74 Å². The van der Waals surface area contributed by atoms with Gasteiger partial charge in [0.25, 0.3) is 0 Å². The lowest BCUT2D eigenvalue weighted by molar-refractivity contribution is 0.176. The van der Waals surface area contributed by atoms with E-state index in [4.69, 9.17) is 4.74 Å². The molecule has 4 heteroatoms. The van der Waals surface area contributed by atoms with Crippen LogP contribution < -0.4 is 9.64 Å². The summed E-state index contributed by atoms with van der Waals surface area (Å²) < 4.78 is 5.37. The molecule has 2 heterocycles. The fourth-order valence-electron chi connectivity index (χ4n) is 4.67. The molecule has 0 spiro atoms. The lowest BCUT2D eigenvalue weighted by atomic mass is 10.0. The number of likely N-dealkylation sites (tertiary alicyclic amines) is 1. The van der Waals surface area contributed by atoms with Gasteiger partial charge < -0.3 is 19.4 Å². The van der Waals surface area contributed by atoms with Crippen molar-refractivity contribution in [3.63, 3.8) is 0 Å². The average Bonchev–Trinajstić information content (AvgIpc) is 3.08. The third-order valence-electron chi connectivity index (χ3n) is 6.05. The molecule has 0 bridgehead atoms. The van der Waals surface area contributed by atoms with Crippen molar-refractivity contribution in [2.45, 2.75) is 39.2 Å². The van der Waals surface area contributed by atoms with Crippen molar-refractivity contribution in [3.8, 4) is 5.75 Å². The number of methoxy groups -OCH3 is 1. The largest absolute Gasteiger partial charge is 0.497 e. The second kappa shape index (κ2) is 9.09. The molecule has 2 saturated heterocycles. The van der Waals surface area contributed by atoms with Crippen molar-refractivity contribution in [3.05, 3.63) is 24.3 Å². The van der Waals surface area contributed by atoms with Crippen LogP contribution in [0.3, 0.4) is 0 Å². The molecule has 26 heavy (non-hydrogen) atoms. The Balaban J connectivity index is 1.44. The maximum Gasteiger partial charge on any atom is 0.120 e. The van der Waals surface area contributed by atoms with Gasteiger partial charge in [-0.15, -0.1) is 0 Å². The predicted molar refractivity (Wildman–Crippen MR) is 110 cm³/mol. The molecule has 1 aromatic rings. The summed E-state index contributed by atoms with van der Waals surface area (Å²) in [7, 11) is 4.09. The van der Waals surface area contributed by atoms with Crippen molar-refractivity contribution in [2.75, 3.05) is 58.3 Å². The van der Waals surface area contributed by atoms with Crippen molar-refractivity contribution in [1.29, 1.82) is 0 Å². The molecule has 1 unspecified atom stereocenters. The smallest absolute Gasteiger partial charge is 0.120 e. The highest BCUT2D eigenvalue weighted by atomic mass is 16.5. The van der Waals surface area contributed by atoms with E-state index >= 15 is 0 Å². The molecule has 0 amide bonds. The van der Waals surface area contributed by atoms with E-state index in [1.807, 2.05) is 6.07 Å². The fraction of sp³-hybridized carbons (Fsp3) is 0.727. The molecule has 0 saturated carbocycles. The van der Waals surface area contributed by atoms with Crippen LogP contribution >= 0.6 is 0 Å². The first-order valence-electron chi connectivity index (χ1n) is 10.4. The van der Waals surface area contributed by atoms with E-state index in [0.29, 0.717) is 0 Å². The highest BCUT2D eigenvalue weighted by Crippen LogP contribution is 2.26. The molecular weight excluding hydrogens is 322 g/mol. The van der Waals surface area contributed by atoms with Crippen LogP contribution in [0.2, 0.25) is 0 Å². The number of hydrogen-bond acceptors (Lipinski definition) is 4. The average molecular weight is 360 g/mol. The molecule has 4 nitrogen and oxygen atoms in total. The normalized spacial score (nSPS) is 22.5. The van der Waals surface area contributed by atoms with Gasteiger partial charge in [-0.2, -0.15) is 0 Å². The van der Waals surface area contributed by atoms with Crippen LogP contribution in [0, 0.1) is 11.8 Å². The Morgan fingerprint density at radius 1 is 1.15 bits per heavy atom. The Bertz CT molecular complexity index is 554. The number of anilines is 1. The molecule has 0 radical (unpaired) electrons. The van der Waals surface area contributed by atoms with Crippen molar-refractivity contribution >= 4 is 5.69 Å². The first kappa shape index (κ1) is 19.5. The molecule has 1 atom stereocenters. The predicted octanol–water partition coefficient (Wildman–Crippen LogP) is 3.57. The van der Waals surface area contributed by atoms with Gasteiger partial charge in [0.2, 0.25) is 0 Å². The first-order chi connectivity index (χ1) is 12.5. The maximum absolute atomic E-state index is 5.37. The molecule has 3 rings (SSSR count). The second-order valence-electron chi connectivity index (χ2n) is 8.67. The van der Waals surface area contributed by atoms with Crippen molar-refractivity contribution in [2.24, 2.45) is 11.8 Å². The minimum atomic E-state index is 0.732. The molecule has 2 aliphatic rings. The van der Waals surface area contributed by atoms with Crippen LogP contribution in [0.1, 0.15) is 33.1 Å².